The first-order valence-corrected chi connectivity index (χ1v) is 15.0. The predicted molar refractivity (Wildman–Crippen MR) is 152 cm³/mol. The lowest BCUT2D eigenvalue weighted by Crippen LogP contribution is -2.09. The van der Waals surface area contributed by atoms with E-state index in [0.717, 1.165) is 25.7 Å². The minimum Gasteiger partial charge on any atom is -0.508 e. The molecule has 6 nitrogen and oxygen atoms in total. The van der Waals surface area contributed by atoms with Crippen LogP contribution in [0.1, 0.15) is 142 Å². The van der Waals surface area contributed by atoms with E-state index < -0.39 is 6.16 Å². The Morgan fingerprint density at radius 1 is 0.595 bits per heavy atom. The fourth-order valence-electron chi connectivity index (χ4n) is 4.00. The Labute approximate surface area is 227 Å². The maximum Gasteiger partial charge on any atom is 0.540 e. The number of unbranched alkanes of at least 4 members (excludes halogenated alkanes) is 18. The van der Waals surface area contributed by atoms with Crippen molar-refractivity contribution in [2.45, 2.75) is 142 Å². The van der Waals surface area contributed by atoms with Crippen molar-refractivity contribution in [3.63, 3.8) is 0 Å². The molecule has 1 aromatic rings. The number of hydrogen-bond donors (Lipinski definition) is 2. The normalized spacial score (nSPS) is 10.5. The standard InChI is InChI=1S/C25H50O4.C6H6O2/c1-3-5-7-9-11-13-15-17-19-21-23-27-25(26)29-28-24-22-20-18-16-14-12-10-8-6-4-2;7-5-2-1-3-6(8)4-5/h3-24H2,1-2H3;1-4,7-8H. The molecule has 0 radical (unpaired) electrons. The average Bonchev–Trinajstić information content (AvgIpc) is 2.88. The Balaban J connectivity index is 0.00000136. The van der Waals surface area contributed by atoms with E-state index >= 15 is 0 Å². The quantitative estimate of drug-likeness (QED) is 0.0641. The highest BCUT2D eigenvalue weighted by Gasteiger charge is 2.04. The molecule has 2 N–H and O–H groups in total. The molecule has 0 spiro atoms. The van der Waals surface area contributed by atoms with E-state index in [2.05, 4.69) is 18.7 Å². The van der Waals surface area contributed by atoms with Crippen LogP contribution < -0.4 is 0 Å². The molecule has 1 rings (SSSR count). The molecule has 6 heteroatoms. The molecule has 1 aromatic carbocycles. The van der Waals surface area contributed by atoms with Gasteiger partial charge in [-0.2, -0.15) is 4.89 Å². The summed E-state index contributed by atoms with van der Waals surface area (Å²) in [4.78, 5) is 21.0. The number of phenols is 2. The van der Waals surface area contributed by atoms with E-state index in [4.69, 9.17) is 19.8 Å². The lowest BCUT2D eigenvalue weighted by Gasteiger charge is -2.06. The smallest absolute Gasteiger partial charge is 0.508 e. The summed E-state index contributed by atoms with van der Waals surface area (Å²) in [6.45, 7) is 5.40. The van der Waals surface area contributed by atoms with Gasteiger partial charge in [-0.3, -0.25) is 4.89 Å². The molecule has 0 aliphatic rings. The number of rotatable bonds is 23. The zero-order valence-corrected chi connectivity index (χ0v) is 23.9. The third kappa shape index (κ3) is 28.5. The van der Waals surface area contributed by atoms with Gasteiger partial charge in [0.15, 0.2) is 0 Å². The number of benzene rings is 1. The molecule has 0 saturated carbocycles. The van der Waals surface area contributed by atoms with Crippen LogP contribution >= 0.6 is 0 Å². The largest absolute Gasteiger partial charge is 0.540 e. The summed E-state index contributed by atoms with van der Waals surface area (Å²) < 4.78 is 5.03. The molecule has 0 bridgehead atoms. The van der Waals surface area contributed by atoms with Crippen molar-refractivity contribution < 1.29 is 29.5 Å². The van der Waals surface area contributed by atoms with Crippen molar-refractivity contribution in [3.05, 3.63) is 24.3 Å². The summed E-state index contributed by atoms with van der Waals surface area (Å²) in [6, 6.07) is 5.85. The molecule has 0 aliphatic heterocycles. The first-order chi connectivity index (χ1) is 18.1. The molecule has 0 saturated heterocycles. The minimum absolute atomic E-state index is 0.0880. The number of hydrogen-bond acceptors (Lipinski definition) is 6. The number of carbonyl (C=O) groups excluding carboxylic acids is 1. The van der Waals surface area contributed by atoms with Gasteiger partial charge in [-0.15, -0.1) is 0 Å². The zero-order valence-electron chi connectivity index (χ0n) is 23.9. The van der Waals surface area contributed by atoms with Gasteiger partial charge in [-0.25, -0.2) is 4.79 Å². The lowest BCUT2D eigenvalue weighted by atomic mass is 10.1. The maximum atomic E-state index is 11.4. The fourth-order valence-corrected chi connectivity index (χ4v) is 4.00. The van der Waals surface area contributed by atoms with E-state index in [1.54, 1.807) is 6.07 Å². The molecular formula is C31H56O6. The first-order valence-electron chi connectivity index (χ1n) is 15.0. The number of aromatic hydroxyl groups is 2. The van der Waals surface area contributed by atoms with E-state index in [1.807, 2.05) is 0 Å². The molecule has 0 aliphatic carbocycles. The highest BCUT2D eigenvalue weighted by molar-refractivity contribution is 5.58. The van der Waals surface area contributed by atoms with Gasteiger partial charge in [0, 0.05) is 6.07 Å². The average molecular weight is 525 g/mol. The van der Waals surface area contributed by atoms with Gasteiger partial charge in [-0.1, -0.05) is 135 Å². The van der Waals surface area contributed by atoms with Crippen LogP contribution in [-0.4, -0.2) is 29.6 Å². The van der Waals surface area contributed by atoms with Crippen molar-refractivity contribution >= 4 is 6.16 Å². The van der Waals surface area contributed by atoms with Gasteiger partial charge in [0.25, 0.3) is 0 Å². The Kier molecular flexibility index (Phi) is 27.1. The van der Waals surface area contributed by atoms with Gasteiger partial charge < -0.3 is 14.9 Å². The van der Waals surface area contributed by atoms with Crippen molar-refractivity contribution in [3.8, 4) is 11.5 Å². The van der Waals surface area contributed by atoms with Crippen LogP contribution in [0.2, 0.25) is 0 Å². The molecule has 0 amide bonds. The monoisotopic (exact) mass is 524 g/mol. The number of carbonyl (C=O) groups is 1. The van der Waals surface area contributed by atoms with Crippen LogP contribution in [0.25, 0.3) is 0 Å². The SMILES string of the molecule is CCCCCCCCCCCCOOC(=O)OCCCCCCCCCCCC.Oc1cccc(O)c1. The van der Waals surface area contributed by atoms with Crippen LogP contribution in [0.4, 0.5) is 4.79 Å². The summed E-state index contributed by atoms with van der Waals surface area (Å²) in [5, 5.41) is 17.3. The molecular weight excluding hydrogens is 468 g/mol. The van der Waals surface area contributed by atoms with Crippen LogP contribution in [-0.2, 0) is 14.5 Å². The van der Waals surface area contributed by atoms with E-state index in [0.29, 0.717) is 13.2 Å². The van der Waals surface area contributed by atoms with E-state index in [1.165, 1.54) is 121 Å². The summed E-state index contributed by atoms with van der Waals surface area (Å²) in [7, 11) is 0. The van der Waals surface area contributed by atoms with Crippen LogP contribution in [0.15, 0.2) is 24.3 Å². The highest BCUT2D eigenvalue weighted by Crippen LogP contribution is 2.15. The molecule has 0 fully saturated rings. The second-order valence-corrected chi connectivity index (χ2v) is 9.89. The van der Waals surface area contributed by atoms with Gasteiger partial charge >= 0.3 is 6.16 Å². The Hall–Kier alpha value is -1.95. The summed E-state index contributed by atoms with van der Waals surface area (Å²) in [5.41, 5.74) is 0. The van der Waals surface area contributed by atoms with Crippen LogP contribution in [0.5, 0.6) is 11.5 Å². The van der Waals surface area contributed by atoms with Crippen LogP contribution in [0.3, 0.4) is 0 Å². The minimum atomic E-state index is -0.701. The summed E-state index contributed by atoms with van der Waals surface area (Å²) in [5.74, 6) is 0.176. The second kappa shape index (κ2) is 28.6. The molecule has 37 heavy (non-hydrogen) atoms. The van der Waals surface area contributed by atoms with Crippen LogP contribution in [0, 0.1) is 0 Å². The van der Waals surface area contributed by atoms with Crippen molar-refractivity contribution in [1.82, 2.24) is 0 Å². The topological polar surface area (TPSA) is 85.2 Å². The molecule has 0 unspecified atom stereocenters. The molecule has 0 atom stereocenters. The van der Waals surface area contributed by atoms with E-state index in [9.17, 15) is 4.79 Å². The second-order valence-electron chi connectivity index (χ2n) is 9.89. The Bertz CT molecular complexity index is 590. The predicted octanol–water partition coefficient (Wildman–Crippen LogP) is 10.0. The summed E-state index contributed by atoms with van der Waals surface area (Å²) >= 11 is 0. The van der Waals surface area contributed by atoms with Crippen molar-refractivity contribution in [1.29, 1.82) is 0 Å². The third-order valence-electron chi connectivity index (χ3n) is 6.26. The Morgan fingerprint density at radius 3 is 1.35 bits per heavy atom. The highest BCUT2D eigenvalue weighted by atomic mass is 17.2. The van der Waals surface area contributed by atoms with Gasteiger partial charge in [0.05, 0.1) is 13.2 Å². The number of phenolic OH excluding ortho intramolecular Hbond substituents is 2. The number of ether oxygens (including phenoxy) is 1. The lowest BCUT2D eigenvalue weighted by molar-refractivity contribution is -0.255. The molecule has 0 aromatic heterocycles. The first kappa shape index (κ1) is 35.0. The Morgan fingerprint density at radius 2 is 0.973 bits per heavy atom. The molecule has 216 valence electrons. The van der Waals surface area contributed by atoms with Gasteiger partial charge in [-0.05, 0) is 25.0 Å². The maximum absolute atomic E-state index is 11.4. The summed E-state index contributed by atoms with van der Waals surface area (Å²) in [6.07, 6.45) is 24.7. The zero-order chi connectivity index (χ0) is 27.2. The van der Waals surface area contributed by atoms with E-state index in [-0.39, 0.29) is 11.5 Å². The van der Waals surface area contributed by atoms with Crippen molar-refractivity contribution in [2.75, 3.05) is 13.2 Å². The fraction of sp³-hybridized carbons (Fsp3) is 0.774. The van der Waals surface area contributed by atoms with Crippen molar-refractivity contribution in [2.24, 2.45) is 0 Å². The van der Waals surface area contributed by atoms with Gasteiger partial charge in [0.1, 0.15) is 11.5 Å². The molecule has 0 heterocycles. The van der Waals surface area contributed by atoms with Gasteiger partial charge in [0.2, 0.25) is 0 Å². The third-order valence-corrected chi connectivity index (χ3v) is 6.26.